The summed E-state index contributed by atoms with van der Waals surface area (Å²) in [6.07, 6.45) is 3.46. The van der Waals surface area contributed by atoms with E-state index in [1.54, 1.807) is 18.4 Å². The van der Waals surface area contributed by atoms with E-state index < -0.39 is 23.1 Å². The molecule has 0 fully saturated rings. The fourth-order valence-corrected chi connectivity index (χ4v) is 4.32. The molecule has 4 rings (SSSR count). The molecule has 6 nitrogen and oxygen atoms in total. The minimum atomic E-state index is -0.900. The Bertz CT molecular complexity index is 1250. The van der Waals surface area contributed by atoms with E-state index in [-0.39, 0.29) is 18.2 Å². The third kappa shape index (κ3) is 5.43. The van der Waals surface area contributed by atoms with Crippen LogP contribution in [0.3, 0.4) is 0 Å². The summed E-state index contributed by atoms with van der Waals surface area (Å²) in [6.45, 7) is 0.906. The Hall–Kier alpha value is -3.59. The average molecular weight is 470 g/mol. The molecule has 0 aliphatic rings. The number of nitrogens with one attached hydrogen (secondary N) is 2. The summed E-state index contributed by atoms with van der Waals surface area (Å²) >= 11 is 1.41. The zero-order chi connectivity index (χ0) is 23.2. The first-order chi connectivity index (χ1) is 16.0. The third-order valence-corrected chi connectivity index (χ3v) is 6.02. The lowest BCUT2D eigenvalue weighted by molar-refractivity contribution is -0.118. The maximum absolute atomic E-state index is 13.8. The van der Waals surface area contributed by atoms with Gasteiger partial charge in [-0.15, -0.1) is 11.8 Å². The number of para-hydroxylation sites is 1. The molecule has 33 heavy (non-hydrogen) atoms. The number of rotatable bonds is 9. The second-order valence-corrected chi connectivity index (χ2v) is 8.22. The molecule has 2 amide bonds. The number of carbonyl (C=O) groups excluding carboxylic acids is 2. The van der Waals surface area contributed by atoms with E-state index in [2.05, 4.69) is 10.6 Å². The fourth-order valence-electron chi connectivity index (χ4n) is 3.40. The molecule has 0 atom stereocenters. The normalized spacial score (nSPS) is 11.0. The van der Waals surface area contributed by atoms with Gasteiger partial charge in [-0.05, 0) is 30.3 Å². The number of amides is 2. The average Bonchev–Trinajstić information content (AvgIpc) is 3.44. The summed E-state index contributed by atoms with van der Waals surface area (Å²) in [5.74, 6) is -1.80. The van der Waals surface area contributed by atoms with Crippen LogP contribution in [0.25, 0.3) is 10.9 Å². The quantitative estimate of drug-likeness (QED) is 0.358. The summed E-state index contributed by atoms with van der Waals surface area (Å²) in [7, 11) is 0. The van der Waals surface area contributed by atoms with Crippen molar-refractivity contribution >= 4 is 34.5 Å². The molecule has 2 aromatic heterocycles. The Kier molecular flexibility index (Phi) is 7.09. The SMILES string of the molecule is O=C(CSc1cn(CCNC(=O)c2c(F)cccc2F)c2ccccc12)NCc1ccco1. The Morgan fingerprint density at radius 1 is 0.970 bits per heavy atom. The van der Waals surface area contributed by atoms with Crippen LogP contribution in [0.5, 0.6) is 0 Å². The van der Waals surface area contributed by atoms with E-state index in [1.807, 2.05) is 35.0 Å². The van der Waals surface area contributed by atoms with Crippen molar-refractivity contribution in [3.63, 3.8) is 0 Å². The van der Waals surface area contributed by atoms with Gasteiger partial charge in [0.15, 0.2) is 0 Å². The predicted octanol–water partition coefficient (Wildman–Crippen LogP) is 4.35. The number of thioether (sulfide) groups is 1. The largest absolute Gasteiger partial charge is 0.467 e. The number of furan rings is 1. The maximum atomic E-state index is 13.8. The van der Waals surface area contributed by atoms with Crippen molar-refractivity contribution in [2.75, 3.05) is 12.3 Å². The van der Waals surface area contributed by atoms with Crippen LogP contribution >= 0.6 is 11.8 Å². The predicted molar refractivity (Wildman–Crippen MR) is 122 cm³/mol. The van der Waals surface area contributed by atoms with Crippen molar-refractivity contribution in [2.24, 2.45) is 0 Å². The standard InChI is InChI=1S/C24H21F2N3O3S/c25-18-7-3-8-19(26)23(18)24(31)27-10-11-29-14-21(17-6-1-2-9-20(17)29)33-15-22(30)28-13-16-5-4-12-32-16/h1-9,12,14H,10-11,13,15H2,(H,27,31)(H,28,30). The molecule has 0 bridgehead atoms. The minimum Gasteiger partial charge on any atom is -0.467 e. The molecule has 0 aliphatic heterocycles. The first-order valence-electron chi connectivity index (χ1n) is 10.2. The molecule has 0 aliphatic carbocycles. The lowest BCUT2D eigenvalue weighted by atomic mass is 10.2. The van der Waals surface area contributed by atoms with Crippen molar-refractivity contribution in [2.45, 2.75) is 18.0 Å². The zero-order valence-corrected chi connectivity index (χ0v) is 18.3. The molecule has 2 N–H and O–H groups in total. The van der Waals surface area contributed by atoms with Gasteiger partial charge in [-0.1, -0.05) is 24.3 Å². The molecule has 0 unspecified atom stereocenters. The molecule has 170 valence electrons. The first-order valence-corrected chi connectivity index (χ1v) is 11.2. The van der Waals surface area contributed by atoms with Gasteiger partial charge in [0.2, 0.25) is 5.91 Å². The third-order valence-electron chi connectivity index (χ3n) is 4.98. The van der Waals surface area contributed by atoms with Crippen LogP contribution < -0.4 is 10.6 Å². The molecule has 0 radical (unpaired) electrons. The molecule has 4 aromatic rings. The van der Waals surface area contributed by atoms with Crippen molar-refractivity contribution < 1.29 is 22.8 Å². The monoisotopic (exact) mass is 469 g/mol. The smallest absolute Gasteiger partial charge is 0.257 e. The highest BCUT2D eigenvalue weighted by atomic mass is 32.2. The fraction of sp³-hybridized carbons (Fsp3) is 0.167. The van der Waals surface area contributed by atoms with Crippen LogP contribution in [0, 0.1) is 11.6 Å². The molecule has 0 saturated carbocycles. The molecule has 9 heteroatoms. The Balaban J connectivity index is 1.37. The number of halogens is 2. The van der Waals surface area contributed by atoms with E-state index in [1.165, 1.54) is 17.8 Å². The van der Waals surface area contributed by atoms with Gasteiger partial charge >= 0.3 is 0 Å². The van der Waals surface area contributed by atoms with E-state index in [0.29, 0.717) is 18.8 Å². The minimum absolute atomic E-state index is 0.118. The van der Waals surface area contributed by atoms with Crippen LogP contribution in [0.2, 0.25) is 0 Å². The van der Waals surface area contributed by atoms with E-state index >= 15 is 0 Å². The van der Waals surface area contributed by atoms with Crippen molar-refractivity contribution in [1.82, 2.24) is 15.2 Å². The van der Waals surface area contributed by atoms with Gasteiger partial charge in [0.05, 0.1) is 18.6 Å². The summed E-state index contributed by atoms with van der Waals surface area (Å²) < 4.78 is 34.7. The highest BCUT2D eigenvalue weighted by Crippen LogP contribution is 2.29. The van der Waals surface area contributed by atoms with Crippen LogP contribution in [-0.4, -0.2) is 28.7 Å². The highest BCUT2D eigenvalue weighted by Gasteiger charge is 2.17. The van der Waals surface area contributed by atoms with Gasteiger partial charge < -0.3 is 19.6 Å². The van der Waals surface area contributed by atoms with Crippen molar-refractivity contribution in [3.8, 4) is 0 Å². The molecule has 2 aromatic carbocycles. The lowest BCUT2D eigenvalue weighted by Gasteiger charge is -2.09. The Morgan fingerprint density at radius 2 is 1.76 bits per heavy atom. The molecular formula is C24H21F2N3O3S. The number of carbonyl (C=O) groups is 2. The van der Waals surface area contributed by atoms with Crippen LogP contribution in [0.4, 0.5) is 8.78 Å². The number of nitrogens with zero attached hydrogens (tertiary/aromatic N) is 1. The summed E-state index contributed by atoms with van der Waals surface area (Å²) in [5.41, 5.74) is 0.342. The second-order valence-electron chi connectivity index (χ2n) is 7.20. The van der Waals surface area contributed by atoms with Crippen molar-refractivity contribution in [3.05, 3.63) is 90.0 Å². The summed E-state index contributed by atoms with van der Waals surface area (Å²) in [4.78, 5) is 25.3. The van der Waals surface area contributed by atoms with Crippen LogP contribution in [-0.2, 0) is 17.9 Å². The Labute approximate surface area is 193 Å². The van der Waals surface area contributed by atoms with Gasteiger partial charge in [-0.25, -0.2) is 8.78 Å². The van der Waals surface area contributed by atoms with Gasteiger partial charge in [0.25, 0.3) is 5.91 Å². The topological polar surface area (TPSA) is 76.3 Å². The zero-order valence-electron chi connectivity index (χ0n) is 17.5. The Morgan fingerprint density at radius 3 is 2.52 bits per heavy atom. The number of benzene rings is 2. The summed E-state index contributed by atoms with van der Waals surface area (Å²) in [5, 5.41) is 6.36. The van der Waals surface area contributed by atoms with E-state index in [0.717, 1.165) is 27.9 Å². The van der Waals surface area contributed by atoms with Crippen molar-refractivity contribution in [1.29, 1.82) is 0 Å². The van der Waals surface area contributed by atoms with Crippen LogP contribution in [0.15, 0.2) is 76.4 Å². The van der Waals surface area contributed by atoms with E-state index in [9.17, 15) is 18.4 Å². The number of fused-ring (bicyclic) bond motifs is 1. The van der Waals surface area contributed by atoms with Crippen LogP contribution in [0.1, 0.15) is 16.1 Å². The second kappa shape index (κ2) is 10.4. The number of aromatic nitrogens is 1. The highest BCUT2D eigenvalue weighted by molar-refractivity contribution is 8.00. The van der Waals surface area contributed by atoms with E-state index in [4.69, 9.17) is 4.42 Å². The number of hydrogen-bond acceptors (Lipinski definition) is 4. The summed E-state index contributed by atoms with van der Waals surface area (Å²) in [6, 6.07) is 14.6. The molecule has 0 spiro atoms. The van der Waals surface area contributed by atoms with Gasteiger partial charge in [-0.3, -0.25) is 9.59 Å². The molecule has 2 heterocycles. The first kappa shape index (κ1) is 22.6. The van der Waals surface area contributed by atoms with Gasteiger partial charge in [-0.2, -0.15) is 0 Å². The maximum Gasteiger partial charge on any atom is 0.257 e. The molecule has 0 saturated heterocycles. The lowest BCUT2D eigenvalue weighted by Crippen LogP contribution is -2.28. The number of hydrogen-bond donors (Lipinski definition) is 2. The van der Waals surface area contributed by atoms with Gasteiger partial charge in [0.1, 0.15) is 23.0 Å². The van der Waals surface area contributed by atoms with Gasteiger partial charge in [0, 0.05) is 35.1 Å². The molecular weight excluding hydrogens is 448 g/mol.